The molecule has 0 fully saturated rings. The smallest absolute Gasteiger partial charge is 0.410 e. The summed E-state index contributed by atoms with van der Waals surface area (Å²) in [5.41, 5.74) is 2.77. The molecule has 0 saturated heterocycles. The monoisotopic (exact) mass is 257 g/mol. The number of fused-ring (bicyclic) bond motifs is 1. The van der Waals surface area contributed by atoms with Gasteiger partial charge in [-0.15, -0.1) is 6.42 Å². The second-order valence-electron chi connectivity index (χ2n) is 5.74. The normalized spacial score (nSPS) is 14.5. The van der Waals surface area contributed by atoms with E-state index in [4.69, 9.17) is 11.2 Å². The first-order valence-electron chi connectivity index (χ1n) is 6.46. The Bertz CT molecular complexity index is 535. The minimum atomic E-state index is -0.460. The van der Waals surface area contributed by atoms with Crippen LogP contribution in [0.2, 0.25) is 0 Å². The summed E-state index contributed by atoms with van der Waals surface area (Å²) >= 11 is 0. The van der Waals surface area contributed by atoms with Crippen LogP contribution in [0.4, 0.5) is 4.79 Å². The lowest BCUT2D eigenvalue weighted by molar-refractivity contribution is 0.0224. The van der Waals surface area contributed by atoms with Gasteiger partial charge in [-0.2, -0.15) is 0 Å². The van der Waals surface area contributed by atoms with Gasteiger partial charge in [0.25, 0.3) is 0 Å². The first-order chi connectivity index (χ1) is 8.90. The Hall–Kier alpha value is -1.95. The number of carbonyl (C=O) groups excluding carboxylic acids is 1. The Balaban J connectivity index is 2.15. The first-order valence-corrected chi connectivity index (χ1v) is 6.46. The summed E-state index contributed by atoms with van der Waals surface area (Å²) in [4.78, 5) is 13.8. The second kappa shape index (κ2) is 4.97. The molecule has 0 N–H and O–H groups in total. The molecular weight excluding hydrogens is 238 g/mol. The Morgan fingerprint density at radius 1 is 1.42 bits per heavy atom. The number of hydrogen-bond acceptors (Lipinski definition) is 2. The molecule has 2 rings (SSSR count). The molecule has 0 spiro atoms. The quantitative estimate of drug-likeness (QED) is 0.669. The summed E-state index contributed by atoms with van der Waals surface area (Å²) in [7, 11) is 0. The van der Waals surface area contributed by atoms with Crippen LogP contribution in [-0.2, 0) is 17.7 Å². The van der Waals surface area contributed by atoms with Gasteiger partial charge in [-0.05, 0) is 44.4 Å². The van der Waals surface area contributed by atoms with E-state index in [0.717, 1.165) is 17.5 Å². The summed E-state index contributed by atoms with van der Waals surface area (Å²) in [5, 5.41) is 0. The minimum Gasteiger partial charge on any atom is -0.444 e. The van der Waals surface area contributed by atoms with Crippen molar-refractivity contribution < 1.29 is 9.53 Å². The lowest BCUT2D eigenvalue weighted by Gasteiger charge is -2.31. The molecule has 0 atom stereocenters. The molecule has 0 radical (unpaired) electrons. The maximum absolute atomic E-state index is 12.0. The maximum Gasteiger partial charge on any atom is 0.410 e. The number of amides is 1. The van der Waals surface area contributed by atoms with Gasteiger partial charge in [0.2, 0.25) is 0 Å². The molecule has 0 bridgehead atoms. The van der Waals surface area contributed by atoms with Crippen molar-refractivity contribution in [1.82, 2.24) is 4.90 Å². The van der Waals surface area contributed by atoms with Gasteiger partial charge in [0.05, 0.1) is 0 Å². The lowest BCUT2D eigenvalue weighted by Crippen LogP contribution is -2.40. The van der Waals surface area contributed by atoms with Crippen molar-refractivity contribution in [1.29, 1.82) is 0 Å². The maximum atomic E-state index is 12.0. The predicted octanol–water partition coefficient (Wildman–Crippen LogP) is 2.96. The zero-order valence-corrected chi connectivity index (χ0v) is 11.7. The van der Waals surface area contributed by atoms with Crippen LogP contribution in [-0.4, -0.2) is 23.1 Å². The van der Waals surface area contributed by atoms with Gasteiger partial charge in [0.1, 0.15) is 5.60 Å². The number of carbonyl (C=O) groups is 1. The van der Waals surface area contributed by atoms with Crippen LogP contribution in [0.5, 0.6) is 0 Å². The van der Waals surface area contributed by atoms with E-state index >= 15 is 0 Å². The third kappa shape index (κ3) is 3.08. The van der Waals surface area contributed by atoms with Crippen molar-refractivity contribution >= 4 is 6.09 Å². The van der Waals surface area contributed by atoms with Crippen molar-refractivity contribution in [3.63, 3.8) is 0 Å². The Morgan fingerprint density at radius 3 is 2.79 bits per heavy atom. The van der Waals surface area contributed by atoms with Crippen molar-refractivity contribution in [2.24, 2.45) is 0 Å². The second-order valence-corrected chi connectivity index (χ2v) is 5.74. The fourth-order valence-corrected chi connectivity index (χ4v) is 2.23. The van der Waals surface area contributed by atoms with Crippen molar-refractivity contribution in [2.45, 2.75) is 39.3 Å². The van der Waals surface area contributed by atoms with Crippen molar-refractivity contribution in [3.05, 3.63) is 34.9 Å². The Labute approximate surface area is 114 Å². The molecule has 100 valence electrons. The standard InChI is InChI=1S/C16H19NO2/c1-5-12-7-6-8-13-11-17(10-9-14(12)13)15(18)19-16(2,3)4/h1,6-8H,9-11H2,2-4H3. The highest BCUT2D eigenvalue weighted by Crippen LogP contribution is 2.23. The van der Waals surface area contributed by atoms with E-state index < -0.39 is 5.60 Å². The van der Waals surface area contributed by atoms with Crippen LogP contribution in [0.25, 0.3) is 0 Å². The largest absolute Gasteiger partial charge is 0.444 e. The average Bonchev–Trinajstić information content (AvgIpc) is 2.35. The highest BCUT2D eigenvalue weighted by molar-refractivity contribution is 5.69. The Kier molecular flexibility index (Phi) is 3.53. The van der Waals surface area contributed by atoms with Gasteiger partial charge < -0.3 is 9.64 Å². The minimum absolute atomic E-state index is 0.260. The molecule has 1 aromatic carbocycles. The molecule has 1 heterocycles. The number of terminal acetylenes is 1. The summed E-state index contributed by atoms with van der Waals surface area (Å²) in [6, 6.07) is 5.90. The van der Waals surface area contributed by atoms with Crippen LogP contribution in [0.3, 0.4) is 0 Å². The molecule has 3 nitrogen and oxygen atoms in total. The molecule has 19 heavy (non-hydrogen) atoms. The van der Waals surface area contributed by atoms with E-state index in [-0.39, 0.29) is 6.09 Å². The molecule has 0 aromatic heterocycles. The molecule has 1 aromatic rings. The fourth-order valence-electron chi connectivity index (χ4n) is 2.23. The molecule has 0 saturated carbocycles. The van der Waals surface area contributed by atoms with E-state index in [9.17, 15) is 4.79 Å². The molecule has 3 heteroatoms. The van der Waals surface area contributed by atoms with E-state index in [1.54, 1.807) is 4.90 Å². The van der Waals surface area contributed by atoms with Crippen LogP contribution in [0, 0.1) is 12.3 Å². The fraction of sp³-hybridized carbons (Fsp3) is 0.438. The molecule has 0 aliphatic carbocycles. The van der Waals surface area contributed by atoms with Crippen LogP contribution in [0.1, 0.15) is 37.5 Å². The van der Waals surface area contributed by atoms with E-state index in [0.29, 0.717) is 13.1 Å². The van der Waals surface area contributed by atoms with E-state index in [1.165, 1.54) is 5.56 Å². The van der Waals surface area contributed by atoms with E-state index in [1.807, 2.05) is 39.0 Å². The zero-order chi connectivity index (χ0) is 14.0. The van der Waals surface area contributed by atoms with Crippen LogP contribution >= 0.6 is 0 Å². The van der Waals surface area contributed by atoms with Crippen molar-refractivity contribution in [2.75, 3.05) is 6.54 Å². The molecule has 1 aliphatic heterocycles. The summed E-state index contributed by atoms with van der Waals surface area (Å²) in [6.07, 6.45) is 6.02. The highest BCUT2D eigenvalue weighted by Gasteiger charge is 2.26. The lowest BCUT2D eigenvalue weighted by atomic mass is 9.95. The SMILES string of the molecule is C#Cc1cccc2c1CCN(C(=O)OC(C)(C)C)C2. The summed E-state index contributed by atoms with van der Waals surface area (Å²) < 4.78 is 5.40. The zero-order valence-electron chi connectivity index (χ0n) is 11.7. The third-order valence-corrected chi connectivity index (χ3v) is 3.07. The van der Waals surface area contributed by atoms with Gasteiger partial charge in [0, 0.05) is 18.7 Å². The first kappa shape index (κ1) is 13.5. The molecule has 1 aliphatic rings. The van der Waals surface area contributed by atoms with E-state index in [2.05, 4.69) is 5.92 Å². The highest BCUT2D eigenvalue weighted by atomic mass is 16.6. The topological polar surface area (TPSA) is 29.5 Å². The Morgan fingerprint density at radius 2 is 2.16 bits per heavy atom. The number of benzene rings is 1. The molecular formula is C16H19NO2. The molecule has 1 amide bonds. The van der Waals surface area contributed by atoms with Gasteiger partial charge in [0.15, 0.2) is 0 Å². The number of ether oxygens (including phenoxy) is 1. The molecule has 0 unspecified atom stereocenters. The van der Waals surface area contributed by atoms with Gasteiger partial charge in [-0.1, -0.05) is 18.1 Å². The van der Waals surface area contributed by atoms with Crippen LogP contribution < -0.4 is 0 Å². The summed E-state index contributed by atoms with van der Waals surface area (Å²) in [6.45, 7) is 6.85. The van der Waals surface area contributed by atoms with Gasteiger partial charge in [-0.25, -0.2) is 4.79 Å². The van der Waals surface area contributed by atoms with Gasteiger partial charge in [-0.3, -0.25) is 0 Å². The summed E-state index contributed by atoms with van der Waals surface area (Å²) in [5.74, 6) is 2.70. The number of nitrogens with zero attached hydrogens (tertiary/aromatic N) is 1. The number of hydrogen-bond donors (Lipinski definition) is 0. The van der Waals surface area contributed by atoms with Crippen molar-refractivity contribution in [3.8, 4) is 12.3 Å². The van der Waals surface area contributed by atoms with Gasteiger partial charge >= 0.3 is 6.09 Å². The predicted molar refractivity (Wildman–Crippen MR) is 74.7 cm³/mol. The third-order valence-electron chi connectivity index (χ3n) is 3.07. The van der Waals surface area contributed by atoms with Crippen LogP contribution in [0.15, 0.2) is 18.2 Å². The average molecular weight is 257 g/mol. The number of rotatable bonds is 0.